The Balaban J connectivity index is 1.52. The predicted octanol–water partition coefficient (Wildman–Crippen LogP) is 2.61. The number of carbonyl (C=O) groups is 1. The molecular formula is C24H25N7O2. The summed E-state index contributed by atoms with van der Waals surface area (Å²) in [5.74, 6) is 0.872. The molecule has 3 aromatic heterocycles. The van der Waals surface area contributed by atoms with Crippen LogP contribution in [0.15, 0.2) is 55.0 Å². The van der Waals surface area contributed by atoms with Crippen LogP contribution in [0.1, 0.15) is 15.9 Å². The SMILES string of the molecule is NC(=O)c1cc(-c2cc(N3CCOCC3)nc(NCCc3cccnc3)n2)c2cc[nH]c2c1. The molecule has 9 nitrogen and oxygen atoms in total. The Morgan fingerprint density at radius 1 is 1.18 bits per heavy atom. The van der Waals surface area contributed by atoms with Gasteiger partial charge in [0.2, 0.25) is 11.9 Å². The summed E-state index contributed by atoms with van der Waals surface area (Å²) in [6.45, 7) is 3.49. The minimum absolute atomic E-state index is 0.428. The van der Waals surface area contributed by atoms with Gasteiger partial charge in [-0.3, -0.25) is 9.78 Å². The molecule has 1 saturated heterocycles. The molecule has 4 heterocycles. The van der Waals surface area contributed by atoms with Gasteiger partial charge in [-0.1, -0.05) is 6.07 Å². The Bertz CT molecular complexity index is 1270. The molecule has 1 aromatic carbocycles. The fraction of sp³-hybridized carbons (Fsp3) is 0.250. The van der Waals surface area contributed by atoms with Crippen LogP contribution in [0.4, 0.5) is 11.8 Å². The van der Waals surface area contributed by atoms with E-state index < -0.39 is 5.91 Å². The van der Waals surface area contributed by atoms with Crippen LogP contribution in [0.2, 0.25) is 0 Å². The number of fused-ring (bicyclic) bond motifs is 1. The van der Waals surface area contributed by atoms with Gasteiger partial charge in [0, 0.05) is 66.3 Å². The third-order valence-electron chi connectivity index (χ3n) is 5.70. The average molecular weight is 444 g/mol. The lowest BCUT2D eigenvalue weighted by Crippen LogP contribution is -2.37. The number of pyridine rings is 1. The van der Waals surface area contributed by atoms with Crippen LogP contribution >= 0.6 is 0 Å². The van der Waals surface area contributed by atoms with Crippen LogP contribution in [0.5, 0.6) is 0 Å². The number of primary amides is 1. The van der Waals surface area contributed by atoms with E-state index in [1.807, 2.05) is 36.7 Å². The number of nitrogens with zero attached hydrogens (tertiary/aromatic N) is 4. The fourth-order valence-electron chi connectivity index (χ4n) is 3.99. The first kappa shape index (κ1) is 20.9. The third-order valence-corrected chi connectivity index (χ3v) is 5.70. The molecule has 0 bridgehead atoms. The van der Waals surface area contributed by atoms with Gasteiger partial charge in [-0.05, 0) is 36.2 Å². The molecule has 5 rings (SSSR count). The van der Waals surface area contributed by atoms with Gasteiger partial charge in [-0.15, -0.1) is 0 Å². The molecule has 1 aliphatic heterocycles. The summed E-state index contributed by atoms with van der Waals surface area (Å²) >= 11 is 0. The van der Waals surface area contributed by atoms with Crippen LogP contribution < -0.4 is 16.0 Å². The molecule has 9 heteroatoms. The van der Waals surface area contributed by atoms with Crippen molar-refractivity contribution in [2.75, 3.05) is 43.1 Å². The molecule has 0 radical (unpaired) electrons. The number of hydrogen-bond acceptors (Lipinski definition) is 7. The van der Waals surface area contributed by atoms with E-state index in [2.05, 4.69) is 20.2 Å². The van der Waals surface area contributed by atoms with E-state index in [1.165, 1.54) is 0 Å². The second-order valence-electron chi connectivity index (χ2n) is 7.90. The second kappa shape index (κ2) is 9.25. The summed E-state index contributed by atoms with van der Waals surface area (Å²) < 4.78 is 5.51. The largest absolute Gasteiger partial charge is 0.378 e. The van der Waals surface area contributed by atoms with Crippen LogP contribution in [-0.2, 0) is 11.2 Å². The number of H-pyrrole nitrogens is 1. The van der Waals surface area contributed by atoms with Gasteiger partial charge >= 0.3 is 0 Å². The number of nitrogens with two attached hydrogens (primary N) is 1. The van der Waals surface area contributed by atoms with Crippen molar-refractivity contribution in [2.24, 2.45) is 5.73 Å². The minimum Gasteiger partial charge on any atom is -0.378 e. The smallest absolute Gasteiger partial charge is 0.248 e. The predicted molar refractivity (Wildman–Crippen MR) is 127 cm³/mol. The van der Waals surface area contributed by atoms with Gasteiger partial charge in [0.05, 0.1) is 18.9 Å². The number of anilines is 2. The molecule has 1 fully saturated rings. The normalized spacial score (nSPS) is 13.9. The lowest BCUT2D eigenvalue weighted by Gasteiger charge is -2.28. The Morgan fingerprint density at radius 3 is 2.85 bits per heavy atom. The zero-order valence-corrected chi connectivity index (χ0v) is 18.1. The van der Waals surface area contributed by atoms with E-state index in [4.69, 9.17) is 20.4 Å². The standard InChI is InChI=1S/C24H25N7O2/c25-23(32)17-12-19(18-4-7-27-20(18)13-17)21-14-22(31-8-10-33-11-9-31)30-24(29-21)28-6-3-16-2-1-5-26-15-16/h1-2,4-5,7,12-15,27H,3,6,8-11H2,(H2,25,32)(H,28,29,30). The number of carbonyl (C=O) groups excluding carboxylic acids is 1. The van der Waals surface area contributed by atoms with Crippen molar-refractivity contribution < 1.29 is 9.53 Å². The molecule has 0 aliphatic carbocycles. The van der Waals surface area contributed by atoms with E-state index >= 15 is 0 Å². The Kier molecular flexibility index (Phi) is 5.86. The Hall–Kier alpha value is -3.98. The van der Waals surface area contributed by atoms with Crippen molar-refractivity contribution in [3.05, 3.63) is 66.1 Å². The number of aromatic nitrogens is 4. The van der Waals surface area contributed by atoms with E-state index in [9.17, 15) is 4.79 Å². The zero-order chi connectivity index (χ0) is 22.6. The molecule has 0 spiro atoms. The summed E-state index contributed by atoms with van der Waals surface area (Å²) in [7, 11) is 0. The summed E-state index contributed by atoms with van der Waals surface area (Å²) in [4.78, 5) is 31.0. The summed E-state index contributed by atoms with van der Waals surface area (Å²) in [5, 5.41) is 4.32. The first-order chi connectivity index (χ1) is 16.2. The summed E-state index contributed by atoms with van der Waals surface area (Å²) in [6, 6.07) is 11.5. The van der Waals surface area contributed by atoms with Crippen molar-refractivity contribution in [3.63, 3.8) is 0 Å². The second-order valence-corrected chi connectivity index (χ2v) is 7.90. The molecule has 168 valence electrons. The fourth-order valence-corrected chi connectivity index (χ4v) is 3.99. The third kappa shape index (κ3) is 4.63. The number of rotatable bonds is 7. The first-order valence-corrected chi connectivity index (χ1v) is 10.9. The van der Waals surface area contributed by atoms with Gasteiger partial charge in [-0.2, -0.15) is 4.98 Å². The Labute approximate surface area is 191 Å². The van der Waals surface area contributed by atoms with Crippen LogP contribution in [0, 0.1) is 0 Å². The molecule has 0 atom stereocenters. The van der Waals surface area contributed by atoms with E-state index in [0.717, 1.165) is 53.1 Å². The van der Waals surface area contributed by atoms with Crippen molar-refractivity contribution >= 4 is 28.6 Å². The lowest BCUT2D eigenvalue weighted by atomic mass is 10.0. The topological polar surface area (TPSA) is 122 Å². The number of amides is 1. The minimum atomic E-state index is -0.481. The van der Waals surface area contributed by atoms with E-state index in [1.54, 1.807) is 18.3 Å². The van der Waals surface area contributed by atoms with Gasteiger partial charge in [0.1, 0.15) is 5.82 Å². The van der Waals surface area contributed by atoms with Crippen molar-refractivity contribution in [2.45, 2.75) is 6.42 Å². The van der Waals surface area contributed by atoms with Crippen LogP contribution in [-0.4, -0.2) is 58.7 Å². The molecule has 0 unspecified atom stereocenters. The summed E-state index contributed by atoms with van der Waals surface area (Å²) in [5.41, 5.74) is 9.54. The molecule has 33 heavy (non-hydrogen) atoms. The molecular weight excluding hydrogens is 418 g/mol. The number of benzene rings is 1. The van der Waals surface area contributed by atoms with Crippen molar-refractivity contribution in [1.82, 2.24) is 19.9 Å². The highest BCUT2D eigenvalue weighted by molar-refractivity contribution is 6.03. The van der Waals surface area contributed by atoms with Gasteiger partial charge in [0.15, 0.2) is 0 Å². The van der Waals surface area contributed by atoms with Crippen LogP contribution in [0.25, 0.3) is 22.2 Å². The molecule has 4 N–H and O–H groups in total. The number of hydrogen-bond donors (Lipinski definition) is 3. The van der Waals surface area contributed by atoms with E-state index in [-0.39, 0.29) is 0 Å². The van der Waals surface area contributed by atoms with Gasteiger partial charge in [-0.25, -0.2) is 4.98 Å². The maximum atomic E-state index is 11.9. The monoisotopic (exact) mass is 443 g/mol. The highest BCUT2D eigenvalue weighted by atomic mass is 16.5. The zero-order valence-electron chi connectivity index (χ0n) is 18.1. The number of morpholine rings is 1. The van der Waals surface area contributed by atoms with Gasteiger partial charge in [0.25, 0.3) is 0 Å². The summed E-state index contributed by atoms with van der Waals surface area (Å²) in [6.07, 6.45) is 6.26. The maximum absolute atomic E-state index is 11.9. The lowest BCUT2D eigenvalue weighted by molar-refractivity contribution is 0.100. The highest BCUT2D eigenvalue weighted by Gasteiger charge is 2.18. The van der Waals surface area contributed by atoms with Crippen molar-refractivity contribution in [1.29, 1.82) is 0 Å². The van der Waals surface area contributed by atoms with E-state index in [0.29, 0.717) is 31.3 Å². The molecule has 4 aromatic rings. The van der Waals surface area contributed by atoms with Gasteiger partial charge < -0.3 is 25.7 Å². The average Bonchev–Trinajstić information content (AvgIpc) is 3.33. The number of nitrogens with one attached hydrogen (secondary N) is 2. The molecule has 0 saturated carbocycles. The highest BCUT2D eigenvalue weighted by Crippen LogP contribution is 2.31. The maximum Gasteiger partial charge on any atom is 0.248 e. The molecule has 1 aliphatic rings. The van der Waals surface area contributed by atoms with Crippen LogP contribution in [0.3, 0.4) is 0 Å². The van der Waals surface area contributed by atoms with Crippen molar-refractivity contribution in [3.8, 4) is 11.3 Å². The first-order valence-electron chi connectivity index (χ1n) is 10.9. The number of aromatic amines is 1. The quantitative estimate of drug-likeness (QED) is 0.401. The molecule has 1 amide bonds. The Morgan fingerprint density at radius 2 is 2.06 bits per heavy atom. The number of ether oxygens (including phenoxy) is 1.